The van der Waals surface area contributed by atoms with E-state index in [0.717, 1.165) is 7.11 Å². The molecule has 5 nitrogen and oxygen atoms in total. The Balaban J connectivity index is 3.42. The van der Waals surface area contributed by atoms with E-state index in [2.05, 4.69) is 14.5 Å². The predicted molar refractivity (Wildman–Crippen MR) is 59.5 cm³/mol. The predicted octanol–water partition coefficient (Wildman–Crippen LogP) is 2.17. The number of methoxy groups -OCH3 is 1. The lowest BCUT2D eigenvalue weighted by Gasteiger charge is -2.17. The van der Waals surface area contributed by atoms with Crippen LogP contribution < -0.4 is 10.5 Å². The summed E-state index contributed by atoms with van der Waals surface area (Å²) in [6.45, 7) is -0.613. The minimum Gasteiger partial charge on any atom is -0.469 e. The van der Waals surface area contributed by atoms with Gasteiger partial charge in [0.05, 0.1) is 30.5 Å². The van der Waals surface area contributed by atoms with Crippen molar-refractivity contribution in [1.29, 1.82) is 0 Å². The summed E-state index contributed by atoms with van der Waals surface area (Å²) in [7, 11) is 0.945. The topological polar surface area (TPSA) is 74.4 Å². The van der Waals surface area contributed by atoms with Crippen molar-refractivity contribution in [3.8, 4) is 5.75 Å². The zero-order chi connectivity index (χ0) is 17.1. The number of aromatic nitrogens is 1. The number of esters is 1. The number of carbonyl (C=O) groups excluding carboxylic acids is 1. The maximum atomic E-state index is 12.9. The quantitative estimate of drug-likeness (QED) is 0.676. The number of alkyl halides is 6. The number of nitrogens with two attached hydrogens (primary N) is 1. The van der Waals surface area contributed by atoms with Crippen molar-refractivity contribution in [2.45, 2.75) is 25.5 Å². The number of nitrogens with zero attached hydrogens (tertiary/aromatic N) is 1. The molecule has 0 aliphatic rings. The fraction of sp³-hybridized carbons (Fsp3) is 0.455. The summed E-state index contributed by atoms with van der Waals surface area (Å²) in [6, 6.07) is 0.112. The highest BCUT2D eigenvalue weighted by molar-refractivity contribution is 5.72. The van der Waals surface area contributed by atoms with Gasteiger partial charge >= 0.3 is 18.5 Å². The molecule has 1 heterocycles. The first-order valence-electron chi connectivity index (χ1n) is 5.60. The van der Waals surface area contributed by atoms with Crippen LogP contribution in [0.25, 0.3) is 0 Å². The summed E-state index contributed by atoms with van der Waals surface area (Å²) >= 11 is 0. The van der Waals surface area contributed by atoms with Gasteiger partial charge in [-0.25, -0.2) is 0 Å². The third-order valence-electron chi connectivity index (χ3n) is 2.40. The largest absolute Gasteiger partial charge is 0.573 e. The number of rotatable bonds is 4. The van der Waals surface area contributed by atoms with E-state index < -0.39 is 54.2 Å². The molecular formula is C11H10F6N2O3. The molecule has 0 aliphatic carbocycles. The summed E-state index contributed by atoms with van der Waals surface area (Å²) in [5.41, 5.74) is 2.26. The van der Waals surface area contributed by atoms with Gasteiger partial charge in [0.25, 0.3) is 0 Å². The summed E-state index contributed by atoms with van der Waals surface area (Å²) in [4.78, 5) is 14.5. The molecule has 0 aromatic carbocycles. The Hall–Kier alpha value is -2.04. The van der Waals surface area contributed by atoms with E-state index in [4.69, 9.17) is 5.73 Å². The molecule has 1 rings (SSSR count). The Labute approximate surface area is 120 Å². The Bertz CT molecular complexity index is 556. The van der Waals surface area contributed by atoms with E-state index >= 15 is 0 Å². The molecule has 0 radical (unpaired) electrons. The first kappa shape index (κ1) is 18.0. The molecule has 0 unspecified atom stereocenters. The molecule has 124 valence electrons. The Morgan fingerprint density at radius 3 is 2.23 bits per heavy atom. The van der Waals surface area contributed by atoms with E-state index in [1.54, 1.807) is 0 Å². The number of carbonyl (C=O) groups is 1. The van der Waals surface area contributed by atoms with Gasteiger partial charge < -0.3 is 15.2 Å². The molecule has 0 saturated heterocycles. The first-order valence-corrected chi connectivity index (χ1v) is 5.60. The van der Waals surface area contributed by atoms with Crippen molar-refractivity contribution >= 4 is 5.97 Å². The lowest BCUT2D eigenvalue weighted by atomic mass is 10.1. The fourth-order valence-corrected chi connectivity index (χ4v) is 1.52. The van der Waals surface area contributed by atoms with E-state index in [1.807, 2.05) is 0 Å². The van der Waals surface area contributed by atoms with E-state index in [-0.39, 0.29) is 6.07 Å². The minimum atomic E-state index is -5.21. The van der Waals surface area contributed by atoms with Gasteiger partial charge in [-0.2, -0.15) is 13.2 Å². The van der Waals surface area contributed by atoms with Gasteiger partial charge in [-0.1, -0.05) is 0 Å². The van der Waals surface area contributed by atoms with Gasteiger partial charge in [0.2, 0.25) is 0 Å². The average Bonchev–Trinajstić information content (AvgIpc) is 2.36. The number of hydrogen-bond donors (Lipinski definition) is 1. The standard InChI is InChI=1S/C11H10F6N2O3/c1-21-9(20)3-6-5(10(12,13)14)2-8(7(4-18)19-6)22-11(15,16)17/h2H,3-4,18H2,1H3. The zero-order valence-corrected chi connectivity index (χ0v) is 11.0. The maximum Gasteiger partial charge on any atom is 0.573 e. The SMILES string of the molecule is COC(=O)Cc1nc(CN)c(OC(F)(F)F)cc1C(F)(F)F. The maximum absolute atomic E-state index is 12.9. The van der Waals surface area contributed by atoms with Crippen LogP contribution >= 0.6 is 0 Å². The van der Waals surface area contributed by atoms with Crippen LogP contribution in [0.1, 0.15) is 17.0 Å². The smallest absolute Gasteiger partial charge is 0.469 e. The highest BCUT2D eigenvalue weighted by Gasteiger charge is 2.38. The highest BCUT2D eigenvalue weighted by Crippen LogP contribution is 2.36. The van der Waals surface area contributed by atoms with Crippen molar-refractivity contribution in [2.24, 2.45) is 5.73 Å². The molecule has 11 heteroatoms. The molecule has 0 bridgehead atoms. The molecule has 0 fully saturated rings. The van der Waals surface area contributed by atoms with Gasteiger partial charge in [-0.15, -0.1) is 13.2 Å². The van der Waals surface area contributed by atoms with Crippen LogP contribution in [0.15, 0.2) is 6.07 Å². The summed E-state index contributed by atoms with van der Waals surface area (Å²) in [6.07, 6.45) is -11.1. The van der Waals surface area contributed by atoms with Gasteiger partial charge in [0, 0.05) is 6.54 Å². The number of hydrogen-bond acceptors (Lipinski definition) is 5. The molecular weight excluding hydrogens is 322 g/mol. The Kier molecular flexibility index (Phi) is 5.22. The van der Waals surface area contributed by atoms with Crippen molar-refractivity contribution in [1.82, 2.24) is 4.98 Å². The van der Waals surface area contributed by atoms with Crippen molar-refractivity contribution in [3.05, 3.63) is 23.0 Å². The van der Waals surface area contributed by atoms with Crippen molar-refractivity contribution in [2.75, 3.05) is 7.11 Å². The van der Waals surface area contributed by atoms with Crippen LogP contribution in [-0.2, 0) is 28.7 Å². The third kappa shape index (κ3) is 4.76. The summed E-state index contributed by atoms with van der Waals surface area (Å²) in [5.74, 6) is -2.21. The van der Waals surface area contributed by atoms with Crippen LogP contribution in [0.5, 0.6) is 5.75 Å². The Morgan fingerprint density at radius 2 is 1.82 bits per heavy atom. The van der Waals surface area contributed by atoms with E-state index in [9.17, 15) is 31.1 Å². The van der Waals surface area contributed by atoms with Crippen LogP contribution in [-0.4, -0.2) is 24.4 Å². The number of pyridine rings is 1. The van der Waals surface area contributed by atoms with E-state index in [0.29, 0.717) is 0 Å². The third-order valence-corrected chi connectivity index (χ3v) is 2.40. The second-order valence-corrected chi connectivity index (χ2v) is 3.93. The molecule has 2 N–H and O–H groups in total. The van der Waals surface area contributed by atoms with Gasteiger partial charge in [-0.05, 0) is 6.07 Å². The highest BCUT2D eigenvalue weighted by atomic mass is 19.4. The van der Waals surface area contributed by atoms with Crippen molar-refractivity contribution < 1.29 is 40.6 Å². The molecule has 0 spiro atoms. The minimum absolute atomic E-state index is 0.112. The van der Waals surface area contributed by atoms with Gasteiger partial charge in [-0.3, -0.25) is 9.78 Å². The zero-order valence-electron chi connectivity index (χ0n) is 11.0. The van der Waals surface area contributed by atoms with Gasteiger partial charge in [0.15, 0.2) is 5.75 Å². The molecule has 1 aromatic rings. The summed E-state index contributed by atoms with van der Waals surface area (Å²) in [5, 5.41) is 0. The van der Waals surface area contributed by atoms with Crippen LogP contribution in [0.4, 0.5) is 26.3 Å². The van der Waals surface area contributed by atoms with Gasteiger partial charge in [0.1, 0.15) is 0 Å². The monoisotopic (exact) mass is 332 g/mol. The molecule has 22 heavy (non-hydrogen) atoms. The molecule has 0 atom stereocenters. The first-order chi connectivity index (χ1) is 9.97. The molecule has 1 aromatic heterocycles. The lowest BCUT2D eigenvalue weighted by molar-refractivity contribution is -0.275. The number of halogens is 6. The van der Waals surface area contributed by atoms with Crippen LogP contribution in [0.2, 0.25) is 0 Å². The van der Waals surface area contributed by atoms with Crippen LogP contribution in [0.3, 0.4) is 0 Å². The number of ether oxygens (including phenoxy) is 2. The fourth-order valence-electron chi connectivity index (χ4n) is 1.52. The average molecular weight is 332 g/mol. The molecule has 0 saturated carbocycles. The molecule has 0 aliphatic heterocycles. The summed E-state index contributed by atoms with van der Waals surface area (Å²) < 4.78 is 83.0. The second-order valence-electron chi connectivity index (χ2n) is 3.93. The molecule has 0 amide bonds. The lowest BCUT2D eigenvalue weighted by Crippen LogP contribution is -2.22. The van der Waals surface area contributed by atoms with Crippen LogP contribution in [0, 0.1) is 0 Å². The van der Waals surface area contributed by atoms with E-state index in [1.165, 1.54) is 0 Å². The Morgan fingerprint density at radius 1 is 1.23 bits per heavy atom. The van der Waals surface area contributed by atoms with Crippen molar-refractivity contribution in [3.63, 3.8) is 0 Å². The second kappa shape index (κ2) is 6.38. The normalized spacial score (nSPS) is 12.2.